The number of amides is 1. The van der Waals surface area contributed by atoms with Gasteiger partial charge in [-0.05, 0) is 26.8 Å². The molecule has 0 saturated heterocycles. The summed E-state index contributed by atoms with van der Waals surface area (Å²) >= 11 is 7.10. The minimum absolute atomic E-state index is 0.226. The van der Waals surface area contributed by atoms with Gasteiger partial charge in [0.05, 0.1) is 17.5 Å². The van der Waals surface area contributed by atoms with Crippen molar-refractivity contribution in [2.24, 2.45) is 0 Å². The molecule has 0 aliphatic rings. The van der Waals surface area contributed by atoms with E-state index in [4.69, 9.17) is 21.4 Å². The smallest absolute Gasteiger partial charge is 0.408 e. The fourth-order valence-corrected chi connectivity index (χ4v) is 2.49. The second-order valence-corrected chi connectivity index (χ2v) is 6.34. The number of aliphatic carboxylic acids is 1. The molecule has 2 N–H and O–H groups in total. The van der Waals surface area contributed by atoms with Gasteiger partial charge in [-0.2, -0.15) is 0 Å². The van der Waals surface area contributed by atoms with Crippen molar-refractivity contribution in [1.82, 2.24) is 5.32 Å². The Kier molecular flexibility index (Phi) is 5.20. The van der Waals surface area contributed by atoms with Gasteiger partial charge >= 0.3 is 12.1 Å². The van der Waals surface area contributed by atoms with E-state index in [0.29, 0.717) is 9.90 Å². The number of hydrogen-bond acceptors (Lipinski definition) is 4. The quantitative estimate of drug-likeness (QED) is 0.893. The van der Waals surface area contributed by atoms with Crippen LogP contribution < -0.4 is 5.32 Å². The van der Waals surface area contributed by atoms with Crippen molar-refractivity contribution >= 4 is 35.0 Å². The molecule has 0 radical (unpaired) electrons. The molecule has 1 unspecified atom stereocenters. The van der Waals surface area contributed by atoms with Gasteiger partial charge in [0.1, 0.15) is 5.60 Å². The van der Waals surface area contributed by atoms with Crippen LogP contribution in [0.1, 0.15) is 38.1 Å². The number of alkyl carbamates (subject to hydrolysis) is 1. The fourth-order valence-electron chi connectivity index (χ4n) is 1.36. The monoisotopic (exact) mass is 305 g/mol. The Morgan fingerprint density at radius 3 is 2.58 bits per heavy atom. The van der Waals surface area contributed by atoms with Crippen molar-refractivity contribution in [1.29, 1.82) is 0 Å². The van der Waals surface area contributed by atoms with Crippen molar-refractivity contribution in [2.75, 3.05) is 0 Å². The molecular formula is C12H16ClNO4S. The first-order chi connectivity index (χ1) is 8.67. The number of thiophene rings is 1. The molecule has 0 aliphatic heterocycles. The second kappa shape index (κ2) is 6.25. The van der Waals surface area contributed by atoms with E-state index >= 15 is 0 Å². The second-order valence-electron chi connectivity index (χ2n) is 4.96. The van der Waals surface area contributed by atoms with E-state index in [1.807, 2.05) is 0 Å². The van der Waals surface area contributed by atoms with Crippen LogP contribution >= 0.6 is 22.9 Å². The lowest BCUT2D eigenvalue weighted by Gasteiger charge is -2.22. The molecule has 0 aliphatic carbocycles. The molecule has 0 fully saturated rings. The topological polar surface area (TPSA) is 75.6 Å². The molecule has 1 aromatic rings. The van der Waals surface area contributed by atoms with Gasteiger partial charge in [-0.15, -0.1) is 11.3 Å². The summed E-state index contributed by atoms with van der Waals surface area (Å²) in [5.74, 6) is -1.01. The summed E-state index contributed by atoms with van der Waals surface area (Å²) in [6.45, 7) is 5.21. The predicted octanol–water partition coefficient (Wildman–Crippen LogP) is 3.44. The Hall–Kier alpha value is -1.27. The summed E-state index contributed by atoms with van der Waals surface area (Å²) in [6.07, 6.45) is -0.876. The van der Waals surface area contributed by atoms with Gasteiger partial charge in [0.2, 0.25) is 0 Å². The van der Waals surface area contributed by atoms with Gasteiger partial charge in [0.15, 0.2) is 0 Å². The maximum atomic E-state index is 11.7. The van der Waals surface area contributed by atoms with Crippen LogP contribution in [-0.2, 0) is 9.53 Å². The first-order valence-corrected chi connectivity index (χ1v) is 6.88. The van der Waals surface area contributed by atoms with E-state index < -0.39 is 23.7 Å². The molecule has 5 nitrogen and oxygen atoms in total. The van der Waals surface area contributed by atoms with Crippen LogP contribution in [0.5, 0.6) is 0 Å². The molecule has 7 heteroatoms. The van der Waals surface area contributed by atoms with Gasteiger partial charge in [-0.1, -0.05) is 11.6 Å². The highest BCUT2D eigenvalue weighted by Gasteiger charge is 2.23. The Morgan fingerprint density at radius 1 is 1.53 bits per heavy atom. The van der Waals surface area contributed by atoms with Gasteiger partial charge in [-0.25, -0.2) is 4.79 Å². The van der Waals surface area contributed by atoms with E-state index in [2.05, 4.69) is 5.32 Å². The standard InChI is InChI=1S/C12H16ClNO4S/c1-12(2,3)18-11(17)14-8(5-10(15)16)9-4-7(13)6-19-9/h4,6,8H,5H2,1-3H3,(H,14,17)(H,15,16). The van der Waals surface area contributed by atoms with E-state index in [0.717, 1.165) is 0 Å². The van der Waals surface area contributed by atoms with Gasteiger partial charge < -0.3 is 15.2 Å². The molecule has 0 saturated carbocycles. The van der Waals surface area contributed by atoms with E-state index in [1.54, 1.807) is 32.2 Å². The zero-order chi connectivity index (χ0) is 14.6. The highest BCUT2D eigenvalue weighted by molar-refractivity contribution is 7.10. The van der Waals surface area contributed by atoms with E-state index in [1.165, 1.54) is 11.3 Å². The first-order valence-electron chi connectivity index (χ1n) is 5.62. The summed E-state index contributed by atoms with van der Waals surface area (Å²) < 4.78 is 5.11. The lowest BCUT2D eigenvalue weighted by atomic mass is 10.1. The average Bonchev–Trinajstić information content (AvgIpc) is 2.60. The van der Waals surface area contributed by atoms with Gasteiger partial charge in [-0.3, -0.25) is 4.79 Å². The summed E-state index contributed by atoms with van der Waals surface area (Å²) in [4.78, 5) is 23.2. The molecular weight excluding hydrogens is 290 g/mol. The van der Waals surface area contributed by atoms with Crippen LogP contribution in [-0.4, -0.2) is 22.8 Å². The predicted molar refractivity (Wildman–Crippen MR) is 73.7 cm³/mol. The number of nitrogens with one attached hydrogen (secondary N) is 1. The number of carboxylic acid groups (broad SMARTS) is 1. The fraction of sp³-hybridized carbons (Fsp3) is 0.500. The summed E-state index contributed by atoms with van der Waals surface area (Å²) in [5.41, 5.74) is -0.634. The summed E-state index contributed by atoms with van der Waals surface area (Å²) in [6, 6.07) is 0.988. The van der Waals surface area contributed by atoms with Crippen LogP contribution in [0.3, 0.4) is 0 Å². The Balaban J connectivity index is 2.76. The maximum absolute atomic E-state index is 11.7. The molecule has 1 heterocycles. The van der Waals surface area contributed by atoms with Gasteiger partial charge in [0.25, 0.3) is 0 Å². The summed E-state index contributed by atoms with van der Waals surface area (Å²) in [5, 5.41) is 13.6. The maximum Gasteiger partial charge on any atom is 0.408 e. The largest absolute Gasteiger partial charge is 0.481 e. The molecule has 106 valence electrons. The minimum atomic E-state index is -1.01. The molecule has 0 aromatic carbocycles. The van der Waals surface area contributed by atoms with E-state index in [9.17, 15) is 9.59 Å². The van der Waals surface area contributed by atoms with Crippen LogP contribution in [0.15, 0.2) is 11.4 Å². The lowest BCUT2D eigenvalue weighted by Crippen LogP contribution is -2.35. The third kappa shape index (κ3) is 5.94. The van der Waals surface area contributed by atoms with Crippen molar-refractivity contribution < 1.29 is 19.4 Å². The third-order valence-electron chi connectivity index (χ3n) is 2.00. The lowest BCUT2D eigenvalue weighted by molar-refractivity contribution is -0.137. The number of carbonyl (C=O) groups is 2. The molecule has 0 bridgehead atoms. The Bertz CT molecular complexity index is 467. The molecule has 1 amide bonds. The number of halogens is 1. The SMILES string of the molecule is CC(C)(C)OC(=O)NC(CC(=O)O)c1cc(Cl)cs1. The Morgan fingerprint density at radius 2 is 2.16 bits per heavy atom. The zero-order valence-electron chi connectivity index (χ0n) is 10.9. The highest BCUT2D eigenvalue weighted by atomic mass is 35.5. The normalized spacial score (nSPS) is 12.8. The van der Waals surface area contributed by atoms with E-state index in [-0.39, 0.29) is 6.42 Å². The van der Waals surface area contributed by atoms with Gasteiger partial charge in [0, 0.05) is 10.3 Å². The number of rotatable bonds is 4. The minimum Gasteiger partial charge on any atom is -0.481 e. The molecule has 0 spiro atoms. The van der Waals surface area contributed by atoms with Crippen molar-refractivity contribution in [3.63, 3.8) is 0 Å². The number of carbonyl (C=O) groups excluding carboxylic acids is 1. The third-order valence-corrected chi connectivity index (χ3v) is 3.39. The van der Waals surface area contributed by atoms with Crippen LogP contribution in [0, 0.1) is 0 Å². The average molecular weight is 306 g/mol. The number of ether oxygens (including phenoxy) is 1. The first kappa shape index (κ1) is 15.8. The number of carboxylic acids is 1. The van der Waals surface area contributed by atoms with Crippen molar-refractivity contribution in [2.45, 2.75) is 38.8 Å². The molecule has 1 aromatic heterocycles. The van der Waals surface area contributed by atoms with Crippen LogP contribution in [0.4, 0.5) is 4.79 Å². The Labute approximate surface area is 120 Å². The zero-order valence-corrected chi connectivity index (χ0v) is 12.5. The summed E-state index contributed by atoms with van der Waals surface area (Å²) in [7, 11) is 0. The van der Waals surface area contributed by atoms with Crippen LogP contribution in [0.2, 0.25) is 5.02 Å². The molecule has 19 heavy (non-hydrogen) atoms. The number of hydrogen-bond donors (Lipinski definition) is 2. The molecule has 1 rings (SSSR count). The molecule has 1 atom stereocenters. The highest BCUT2D eigenvalue weighted by Crippen LogP contribution is 2.27. The van der Waals surface area contributed by atoms with Crippen molar-refractivity contribution in [3.05, 3.63) is 21.3 Å². The van der Waals surface area contributed by atoms with Crippen molar-refractivity contribution in [3.8, 4) is 0 Å². The van der Waals surface area contributed by atoms with Crippen LogP contribution in [0.25, 0.3) is 0 Å².